The Labute approximate surface area is 160 Å². The molecule has 1 aliphatic rings. The lowest BCUT2D eigenvalue weighted by molar-refractivity contribution is -0.118. The first-order chi connectivity index (χ1) is 12.9. The minimum atomic E-state index is -0.484. The highest BCUT2D eigenvalue weighted by Crippen LogP contribution is 2.36. The first-order valence-corrected chi connectivity index (χ1v) is 9.75. The van der Waals surface area contributed by atoms with Crippen molar-refractivity contribution in [1.29, 1.82) is 0 Å². The minimum absolute atomic E-state index is 0.0499. The van der Waals surface area contributed by atoms with E-state index in [0.29, 0.717) is 23.9 Å². The number of benzene rings is 1. The number of carbonyl (C=O) groups is 1. The molecule has 1 aromatic heterocycles. The van der Waals surface area contributed by atoms with Gasteiger partial charge in [0.2, 0.25) is 5.91 Å². The molecule has 27 heavy (non-hydrogen) atoms. The Morgan fingerprint density at radius 3 is 2.96 bits per heavy atom. The maximum absolute atomic E-state index is 14.1. The predicted molar refractivity (Wildman–Crippen MR) is 97.1 cm³/mol. The monoisotopic (exact) mass is 396 g/mol. The number of primary amides is 1. The molecule has 1 aliphatic heterocycles. The van der Waals surface area contributed by atoms with E-state index in [1.807, 2.05) is 4.57 Å². The lowest BCUT2D eigenvalue weighted by Crippen LogP contribution is -2.19. The third-order valence-electron chi connectivity index (χ3n) is 4.48. The van der Waals surface area contributed by atoms with E-state index < -0.39 is 17.5 Å². The first-order valence-electron chi connectivity index (χ1n) is 8.87. The number of nitrogens with zero attached hydrogens (tertiary/aromatic N) is 3. The number of rotatable bonds is 8. The molecule has 0 radical (unpaired) electrons. The van der Waals surface area contributed by atoms with E-state index >= 15 is 0 Å². The van der Waals surface area contributed by atoms with Crippen LogP contribution in [0.1, 0.15) is 42.8 Å². The van der Waals surface area contributed by atoms with Crippen LogP contribution in [0.5, 0.6) is 0 Å². The maximum Gasteiger partial charge on any atom is 0.217 e. The molecule has 0 aliphatic carbocycles. The Balaban J connectivity index is 1.82. The molecule has 1 fully saturated rings. The number of nitrogens with two attached hydrogens (primary N) is 1. The van der Waals surface area contributed by atoms with E-state index in [1.165, 1.54) is 17.8 Å². The van der Waals surface area contributed by atoms with Crippen molar-refractivity contribution in [2.45, 2.75) is 55.7 Å². The molecule has 9 heteroatoms. The van der Waals surface area contributed by atoms with E-state index in [9.17, 15) is 13.6 Å². The van der Waals surface area contributed by atoms with Gasteiger partial charge in [0.25, 0.3) is 0 Å². The molecule has 1 amide bonds. The molecule has 6 nitrogen and oxygen atoms in total. The second-order valence-corrected chi connectivity index (χ2v) is 7.84. The lowest BCUT2D eigenvalue weighted by Gasteiger charge is -2.17. The molecule has 2 heterocycles. The van der Waals surface area contributed by atoms with Crippen LogP contribution in [0.15, 0.2) is 23.4 Å². The molecule has 0 saturated carbocycles. The third kappa shape index (κ3) is 5.04. The highest BCUT2D eigenvalue weighted by molar-refractivity contribution is 7.99. The van der Waals surface area contributed by atoms with Crippen molar-refractivity contribution in [3.63, 3.8) is 0 Å². The van der Waals surface area contributed by atoms with Gasteiger partial charge >= 0.3 is 0 Å². The Kier molecular flexibility index (Phi) is 6.43. The predicted octanol–water partition coefficient (Wildman–Crippen LogP) is 3.01. The van der Waals surface area contributed by atoms with Crippen LogP contribution < -0.4 is 5.73 Å². The Bertz CT molecular complexity index is 809. The summed E-state index contributed by atoms with van der Waals surface area (Å²) in [5.74, 6) is -0.720. The number of hydrogen-bond acceptors (Lipinski definition) is 5. The summed E-state index contributed by atoms with van der Waals surface area (Å²) in [6.07, 6.45) is 2.53. The number of ether oxygens (including phenoxy) is 1. The van der Waals surface area contributed by atoms with Crippen LogP contribution in [0.25, 0.3) is 0 Å². The molecule has 1 aromatic carbocycles. The zero-order valence-corrected chi connectivity index (χ0v) is 15.8. The van der Waals surface area contributed by atoms with Gasteiger partial charge in [-0.3, -0.25) is 4.79 Å². The maximum atomic E-state index is 14.1. The minimum Gasteiger partial charge on any atom is -0.376 e. The zero-order chi connectivity index (χ0) is 19.4. The Morgan fingerprint density at radius 2 is 2.26 bits per heavy atom. The Morgan fingerprint density at radius 1 is 1.44 bits per heavy atom. The van der Waals surface area contributed by atoms with E-state index in [4.69, 9.17) is 10.5 Å². The molecule has 146 valence electrons. The summed E-state index contributed by atoms with van der Waals surface area (Å²) < 4.78 is 35.2. The van der Waals surface area contributed by atoms with Crippen LogP contribution in [0.3, 0.4) is 0 Å². The van der Waals surface area contributed by atoms with Crippen molar-refractivity contribution in [1.82, 2.24) is 14.8 Å². The van der Waals surface area contributed by atoms with Crippen LogP contribution in [-0.2, 0) is 22.5 Å². The number of aromatic nitrogens is 3. The van der Waals surface area contributed by atoms with Gasteiger partial charge in [0, 0.05) is 30.3 Å². The van der Waals surface area contributed by atoms with E-state index in [-0.39, 0.29) is 23.3 Å². The van der Waals surface area contributed by atoms with Crippen LogP contribution in [0.2, 0.25) is 0 Å². The summed E-state index contributed by atoms with van der Waals surface area (Å²) in [4.78, 5) is 11.1. The zero-order valence-electron chi connectivity index (χ0n) is 15.0. The Hall–Kier alpha value is -2.00. The molecule has 3 rings (SSSR count). The fourth-order valence-electron chi connectivity index (χ4n) is 3.05. The molecule has 0 spiro atoms. The second-order valence-electron chi connectivity index (χ2n) is 6.54. The van der Waals surface area contributed by atoms with Crippen LogP contribution in [0.4, 0.5) is 8.78 Å². The molecule has 0 unspecified atom stereocenters. The molecule has 0 bridgehead atoms. The highest BCUT2D eigenvalue weighted by Gasteiger charge is 2.23. The highest BCUT2D eigenvalue weighted by atomic mass is 32.2. The fourth-order valence-corrected chi connectivity index (χ4v) is 4.07. The first kappa shape index (κ1) is 19.8. The van der Waals surface area contributed by atoms with E-state index in [2.05, 4.69) is 10.2 Å². The van der Waals surface area contributed by atoms with Gasteiger partial charge in [-0.15, -0.1) is 10.2 Å². The van der Waals surface area contributed by atoms with Gasteiger partial charge in [0.1, 0.15) is 17.5 Å². The average Bonchev–Trinajstić information content (AvgIpc) is 3.26. The summed E-state index contributed by atoms with van der Waals surface area (Å²) in [5, 5.41) is 8.60. The van der Waals surface area contributed by atoms with E-state index in [1.54, 1.807) is 6.92 Å². The van der Waals surface area contributed by atoms with Crippen LogP contribution in [-0.4, -0.2) is 33.4 Å². The number of aryl methyl sites for hydroxylation is 1. The molecule has 2 aromatic rings. The van der Waals surface area contributed by atoms with Crippen LogP contribution in [0, 0.1) is 11.6 Å². The number of halogens is 2. The van der Waals surface area contributed by atoms with Crippen molar-refractivity contribution in [2.75, 3.05) is 6.61 Å². The lowest BCUT2D eigenvalue weighted by atomic mass is 10.1. The van der Waals surface area contributed by atoms with Gasteiger partial charge in [-0.05, 0) is 38.0 Å². The summed E-state index contributed by atoms with van der Waals surface area (Å²) in [7, 11) is 0. The van der Waals surface area contributed by atoms with Crippen molar-refractivity contribution in [3.8, 4) is 0 Å². The van der Waals surface area contributed by atoms with Gasteiger partial charge in [0.15, 0.2) is 5.16 Å². The van der Waals surface area contributed by atoms with Crippen molar-refractivity contribution < 1.29 is 18.3 Å². The second kappa shape index (κ2) is 8.79. The molecule has 2 atom stereocenters. The van der Waals surface area contributed by atoms with E-state index in [0.717, 1.165) is 31.6 Å². The van der Waals surface area contributed by atoms with Gasteiger partial charge < -0.3 is 15.0 Å². The summed E-state index contributed by atoms with van der Waals surface area (Å²) >= 11 is 1.30. The standard InChI is InChI=1S/C18H22F2N4O2S/c1-11(14-9-12(19)4-5-15(14)20)27-18-23-22-17(7-6-16(21)25)24(18)10-13-3-2-8-26-13/h4-5,9,11,13H,2-3,6-8,10H2,1H3,(H2,21,25)/t11-,13+/m0/s1. The molecule has 1 saturated heterocycles. The number of thioether (sulfide) groups is 1. The number of hydrogen-bond donors (Lipinski definition) is 1. The van der Waals surface area contributed by atoms with Gasteiger partial charge in [-0.25, -0.2) is 8.78 Å². The largest absolute Gasteiger partial charge is 0.376 e. The summed E-state index contributed by atoms with van der Waals surface area (Å²) in [5.41, 5.74) is 5.51. The SMILES string of the molecule is C[C@H](Sc1nnc(CCC(N)=O)n1C[C@H]1CCCO1)c1cc(F)ccc1F. The van der Waals surface area contributed by atoms with Crippen molar-refractivity contribution >= 4 is 17.7 Å². The van der Waals surface area contributed by atoms with Gasteiger partial charge in [-0.2, -0.15) is 0 Å². The third-order valence-corrected chi connectivity index (χ3v) is 5.60. The van der Waals surface area contributed by atoms with Crippen LogP contribution >= 0.6 is 11.8 Å². The van der Waals surface area contributed by atoms with Gasteiger partial charge in [0.05, 0.1) is 12.6 Å². The molecule has 2 N–H and O–H groups in total. The van der Waals surface area contributed by atoms with Crippen molar-refractivity contribution in [2.24, 2.45) is 5.73 Å². The number of amides is 1. The smallest absolute Gasteiger partial charge is 0.217 e. The quantitative estimate of drug-likeness (QED) is 0.694. The molecular formula is C18H22F2N4O2S. The van der Waals surface area contributed by atoms with Crippen molar-refractivity contribution in [3.05, 3.63) is 41.2 Å². The fraction of sp³-hybridized carbons (Fsp3) is 0.500. The van der Waals surface area contributed by atoms with Gasteiger partial charge in [-0.1, -0.05) is 11.8 Å². The summed E-state index contributed by atoms with van der Waals surface area (Å²) in [6.45, 7) is 3.06. The normalized spacial score (nSPS) is 18.0. The summed E-state index contributed by atoms with van der Waals surface area (Å²) in [6, 6.07) is 3.41. The topological polar surface area (TPSA) is 83.0 Å². The number of carbonyl (C=O) groups excluding carboxylic acids is 1. The average molecular weight is 396 g/mol. The molecular weight excluding hydrogens is 374 g/mol.